The third-order valence-electron chi connectivity index (χ3n) is 4.77. The van der Waals surface area contributed by atoms with Crippen molar-refractivity contribution in [1.29, 1.82) is 0 Å². The minimum atomic E-state index is -4.11. The van der Waals surface area contributed by atoms with E-state index in [4.69, 9.17) is 11.6 Å². The standard InChI is InChI=1S/C15H14ClN3O8S/c1-15(12(14(24)25)19-10(22)4-11(19)28(15,26)27)5-17-18-13(23)6-2-8(20)9(21)3-7(6)16/h2-3,5,11-12,20-21H,4H2,1H3,(H,18,23)(H,24,25)/b17-5+/t11-,12+,15+/m1/s1. The van der Waals surface area contributed by atoms with Crippen molar-refractivity contribution < 1.29 is 38.1 Å². The molecule has 11 nitrogen and oxygen atoms in total. The summed E-state index contributed by atoms with van der Waals surface area (Å²) in [5, 5.41) is 30.3. The number of aromatic hydroxyl groups is 2. The van der Waals surface area contributed by atoms with Crippen LogP contribution in [-0.4, -0.2) is 68.8 Å². The number of carboxylic acids is 1. The third kappa shape index (κ3) is 2.67. The van der Waals surface area contributed by atoms with Crippen LogP contribution in [0.3, 0.4) is 0 Å². The number of carbonyl (C=O) groups excluding carboxylic acids is 2. The molecule has 2 saturated heterocycles. The molecule has 3 rings (SSSR count). The number of carbonyl (C=O) groups is 3. The number of halogens is 1. The van der Waals surface area contributed by atoms with Crippen LogP contribution in [0.2, 0.25) is 5.02 Å². The van der Waals surface area contributed by atoms with Crippen molar-refractivity contribution in [3.63, 3.8) is 0 Å². The van der Waals surface area contributed by atoms with Crippen molar-refractivity contribution in [3.8, 4) is 11.5 Å². The first-order chi connectivity index (χ1) is 12.9. The lowest BCUT2D eigenvalue weighted by Gasteiger charge is -2.35. The lowest BCUT2D eigenvalue weighted by Crippen LogP contribution is -2.57. The number of aliphatic carboxylic acids is 1. The van der Waals surface area contributed by atoms with Crippen molar-refractivity contribution in [1.82, 2.24) is 10.3 Å². The molecule has 2 heterocycles. The molecule has 2 aliphatic rings. The van der Waals surface area contributed by atoms with Crippen LogP contribution in [0.25, 0.3) is 0 Å². The van der Waals surface area contributed by atoms with Crippen LogP contribution in [-0.2, 0) is 19.4 Å². The zero-order valence-electron chi connectivity index (χ0n) is 14.2. The average molecular weight is 432 g/mol. The second kappa shape index (κ2) is 6.34. The molecule has 2 aliphatic heterocycles. The molecule has 1 aromatic carbocycles. The van der Waals surface area contributed by atoms with Gasteiger partial charge in [-0.05, 0) is 13.0 Å². The number of amides is 2. The van der Waals surface area contributed by atoms with Crippen LogP contribution in [0, 0.1) is 0 Å². The number of benzene rings is 1. The highest BCUT2D eigenvalue weighted by atomic mass is 35.5. The number of nitrogens with zero attached hydrogens (tertiary/aromatic N) is 2. The molecule has 13 heteroatoms. The summed E-state index contributed by atoms with van der Waals surface area (Å²) in [6, 6.07) is 0.113. The fourth-order valence-electron chi connectivity index (χ4n) is 3.21. The molecule has 1 aromatic rings. The minimum Gasteiger partial charge on any atom is -0.504 e. The van der Waals surface area contributed by atoms with E-state index < -0.39 is 55.3 Å². The van der Waals surface area contributed by atoms with Crippen molar-refractivity contribution in [2.75, 3.05) is 0 Å². The van der Waals surface area contributed by atoms with Gasteiger partial charge in [-0.1, -0.05) is 11.6 Å². The number of rotatable bonds is 4. The normalized spacial score (nSPS) is 28.1. The highest BCUT2D eigenvalue weighted by Crippen LogP contribution is 2.45. The molecule has 0 aromatic heterocycles. The van der Waals surface area contributed by atoms with Crippen LogP contribution in [0.15, 0.2) is 17.2 Å². The maximum Gasteiger partial charge on any atom is 0.328 e. The summed E-state index contributed by atoms with van der Waals surface area (Å²) in [5.74, 6) is -4.23. The first kappa shape index (κ1) is 19.9. The Labute approximate surface area is 163 Å². The second-order valence-electron chi connectivity index (χ2n) is 6.45. The van der Waals surface area contributed by atoms with Gasteiger partial charge in [-0.3, -0.25) is 9.59 Å². The van der Waals surface area contributed by atoms with Crippen molar-refractivity contribution >= 4 is 45.4 Å². The summed E-state index contributed by atoms with van der Waals surface area (Å²) in [5.41, 5.74) is 1.73. The summed E-state index contributed by atoms with van der Waals surface area (Å²) in [4.78, 5) is 36.2. The van der Waals surface area contributed by atoms with Gasteiger partial charge in [0.1, 0.15) is 10.1 Å². The van der Waals surface area contributed by atoms with Gasteiger partial charge in [0, 0.05) is 12.3 Å². The number of nitrogens with one attached hydrogen (secondary N) is 1. The third-order valence-corrected chi connectivity index (χ3v) is 7.75. The molecule has 0 aliphatic carbocycles. The lowest BCUT2D eigenvalue weighted by molar-refractivity contribution is -0.156. The van der Waals surface area contributed by atoms with Gasteiger partial charge in [-0.15, -0.1) is 0 Å². The number of fused-ring (bicyclic) bond motifs is 1. The van der Waals surface area contributed by atoms with Gasteiger partial charge in [-0.2, -0.15) is 5.10 Å². The van der Waals surface area contributed by atoms with Crippen LogP contribution in [0.1, 0.15) is 23.7 Å². The first-order valence-electron chi connectivity index (χ1n) is 7.75. The monoisotopic (exact) mass is 431 g/mol. The smallest absolute Gasteiger partial charge is 0.328 e. The molecule has 0 saturated carbocycles. The quantitative estimate of drug-likeness (QED) is 0.217. The zero-order chi connectivity index (χ0) is 21.0. The molecule has 0 spiro atoms. The Morgan fingerprint density at radius 2 is 1.96 bits per heavy atom. The second-order valence-corrected chi connectivity index (χ2v) is 9.37. The molecule has 28 heavy (non-hydrogen) atoms. The number of β-lactam (4-membered cyclic amide) rings is 1. The van der Waals surface area contributed by atoms with Gasteiger partial charge >= 0.3 is 5.97 Å². The maximum absolute atomic E-state index is 12.7. The molecule has 2 amide bonds. The van der Waals surface area contributed by atoms with E-state index in [-0.39, 0.29) is 17.0 Å². The predicted molar refractivity (Wildman–Crippen MR) is 94.7 cm³/mol. The molecule has 2 fully saturated rings. The average Bonchev–Trinajstić information content (AvgIpc) is 2.72. The van der Waals surface area contributed by atoms with Crippen LogP contribution < -0.4 is 5.43 Å². The SMILES string of the molecule is C[C@]1(/C=N/NC(=O)c2cc(O)c(O)cc2Cl)[C@H](C(=O)O)N2C(=O)C[C@H]2S1(=O)=O. The van der Waals surface area contributed by atoms with Crippen LogP contribution in [0.5, 0.6) is 11.5 Å². The van der Waals surface area contributed by atoms with Crippen LogP contribution >= 0.6 is 11.6 Å². The number of carboxylic acid groups (broad SMARTS) is 1. The summed E-state index contributed by atoms with van der Waals surface area (Å²) < 4.78 is 23.3. The van der Waals surface area contributed by atoms with E-state index in [0.29, 0.717) is 0 Å². The maximum atomic E-state index is 12.7. The Morgan fingerprint density at radius 1 is 1.36 bits per heavy atom. The number of hydrazone groups is 1. The molecule has 0 unspecified atom stereocenters. The Kier molecular flexibility index (Phi) is 4.51. The highest BCUT2D eigenvalue weighted by Gasteiger charge is 2.69. The summed E-state index contributed by atoms with van der Waals surface area (Å²) in [6.45, 7) is 1.10. The van der Waals surface area contributed by atoms with Crippen LogP contribution in [0.4, 0.5) is 0 Å². The summed E-state index contributed by atoms with van der Waals surface area (Å²) >= 11 is 5.80. The Bertz CT molecular complexity index is 1040. The van der Waals surface area contributed by atoms with E-state index in [1.54, 1.807) is 0 Å². The largest absolute Gasteiger partial charge is 0.504 e. The number of phenolic OH excluding ortho intramolecular Hbond substituents is 2. The van der Waals surface area contributed by atoms with Gasteiger partial charge in [0.15, 0.2) is 27.4 Å². The lowest BCUT2D eigenvalue weighted by atomic mass is 9.97. The van der Waals surface area contributed by atoms with E-state index in [0.717, 1.165) is 30.2 Å². The number of hydrogen-bond donors (Lipinski definition) is 4. The molecular formula is C15H14ClN3O8S. The van der Waals surface area contributed by atoms with E-state index in [1.165, 1.54) is 0 Å². The van der Waals surface area contributed by atoms with Gasteiger partial charge in [0.25, 0.3) is 5.91 Å². The van der Waals surface area contributed by atoms with Gasteiger partial charge in [0.05, 0.1) is 17.0 Å². The number of sulfone groups is 1. The number of phenols is 2. The molecule has 0 bridgehead atoms. The predicted octanol–water partition coefficient (Wildman–Crippen LogP) is -0.334. The van der Waals surface area contributed by atoms with Crippen molar-refractivity contribution in [3.05, 3.63) is 22.7 Å². The highest BCUT2D eigenvalue weighted by molar-refractivity contribution is 7.94. The molecule has 3 atom stereocenters. The molecule has 0 radical (unpaired) electrons. The molecular weight excluding hydrogens is 418 g/mol. The topological polar surface area (TPSA) is 174 Å². The Balaban J connectivity index is 1.88. The van der Waals surface area contributed by atoms with Gasteiger partial charge in [-0.25, -0.2) is 18.6 Å². The van der Waals surface area contributed by atoms with Crippen molar-refractivity contribution in [2.24, 2.45) is 5.10 Å². The molecule has 4 N–H and O–H groups in total. The number of hydrogen-bond acceptors (Lipinski definition) is 8. The Hall–Kier alpha value is -2.86. The van der Waals surface area contributed by atoms with Gasteiger partial charge < -0.3 is 20.2 Å². The van der Waals surface area contributed by atoms with E-state index in [1.807, 2.05) is 5.43 Å². The fourth-order valence-corrected chi connectivity index (χ4v) is 5.66. The Morgan fingerprint density at radius 3 is 2.54 bits per heavy atom. The summed E-state index contributed by atoms with van der Waals surface area (Å²) in [7, 11) is -4.11. The fraction of sp³-hybridized carbons (Fsp3) is 0.333. The van der Waals surface area contributed by atoms with E-state index in [9.17, 15) is 38.1 Å². The van der Waals surface area contributed by atoms with Gasteiger partial charge in [0.2, 0.25) is 5.91 Å². The summed E-state index contributed by atoms with van der Waals surface area (Å²) in [6.07, 6.45) is 0.434. The zero-order valence-corrected chi connectivity index (χ0v) is 15.7. The van der Waals surface area contributed by atoms with Crippen molar-refractivity contribution in [2.45, 2.75) is 29.5 Å². The first-order valence-corrected chi connectivity index (χ1v) is 9.67. The van der Waals surface area contributed by atoms with E-state index in [2.05, 4.69) is 5.10 Å². The molecule has 150 valence electrons. The van der Waals surface area contributed by atoms with E-state index >= 15 is 0 Å². The minimum absolute atomic E-state index is 0.208.